The van der Waals surface area contributed by atoms with Crippen LogP contribution in [-0.4, -0.2) is 26.7 Å². The van der Waals surface area contributed by atoms with E-state index in [1.54, 1.807) is 36.9 Å². The predicted octanol–water partition coefficient (Wildman–Crippen LogP) is 2.44. The van der Waals surface area contributed by atoms with Crippen LogP contribution in [-0.2, 0) is 11.8 Å². The van der Waals surface area contributed by atoms with E-state index in [2.05, 4.69) is 10.6 Å². The van der Waals surface area contributed by atoms with E-state index in [1.807, 2.05) is 18.2 Å². The molecule has 0 radical (unpaired) electrons. The Morgan fingerprint density at radius 1 is 1.14 bits per heavy atom. The van der Waals surface area contributed by atoms with Gasteiger partial charge in [-0.25, -0.2) is 4.68 Å². The molecule has 2 N–H and O–H groups in total. The Hall–Kier alpha value is -3.88. The molecule has 1 aromatic heterocycles. The summed E-state index contributed by atoms with van der Waals surface area (Å²) in [5.74, 6) is -0.433. The molecule has 28 heavy (non-hydrogen) atoms. The van der Waals surface area contributed by atoms with E-state index in [0.717, 1.165) is 0 Å². The third-order valence-electron chi connectivity index (χ3n) is 4.33. The van der Waals surface area contributed by atoms with Crippen LogP contribution in [0.5, 0.6) is 0 Å². The first-order valence-electron chi connectivity index (χ1n) is 8.50. The van der Waals surface area contributed by atoms with Gasteiger partial charge in [-0.1, -0.05) is 24.3 Å². The van der Waals surface area contributed by atoms with E-state index < -0.39 is 10.8 Å². The largest absolute Gasteiger partial charge is 0.376 e. The Morgan fingerprint density at radius 3 is 2.54 bits per heavy atom. The fourth-order valence-corrected chi connectivity index (χ4v) is 2.81. The van der Waals surface area contributed by atoms with Gasteiger partial charge in [-0.05, 0) is 25.1 Å². The summed E-state index contributed by atoms with van der Waals surface area (Å²) in [7, 11) is 1.74. The highest BCUT2D eigenvalue weighted by atomic mass is 16.6. The Labute approximate surface area is 160 Å². The molecule has 2 aromatic carbocycles. The lowest BCUT2D eigenvalue weighted by Crippen LogP contribution is -2.26. The number of carbonyl (C=O) groups is 1. The summed E-state index contributed by atoms with van der Waals surface area (Å²) in [4.78, 5) is 35.4. The van der Waals surface area contributed by atoms with Crippen molar-refractivity contribution in [2.45, 2.75) is 6.92 Å². The van der Waals surface area contributed by atoms with E-state index in [9.17, 15) is 19.7 Å². The number of para-hydroxylation sites is 1. The number of hydrogen-bond donors (Lipinski definition) is 2. The third kappa shape index (κ3) is 3.78. The molecule has 0 saturated carbocycles. The minimum Gasteiger partial charge on any atom is -0.376 e. The van der Waals surface area contributed by atoms with E-state index in [0.29, 0.717) is 17.1 Å². The van der Waals surface area contributed by atoms with Crippen molar-refractivity contribution < 1.29 is 9.72 Å². The van der Waals surface area contributed by atoms with Crippen molar-refractivity contribution in [3.63, 3.8) is 0 Å². The lowest BCUT2D eigenvalue weighted by molar-refractivity contribution is -0.384. The molecule has 0 fully saturated rings. The minimum absolute atomic E-state index is 0.0740. The van der Waals surface area contributed by atoms with E-state index in [1.165, 1.54) is 22.9 Å². The van der Waals surface area contributed by atoms with Gasteiger partial charge in [0.05, 0.1) is 22.8 Å². The van der Waals surface area contributed by atoms with Gasteiger partial charge in [-0.2, -0.15) is 0 Å². The average Bonchev–Trinajstić information content (AvgIpc) is 2.90. The zero-order chi connectivity index (χ0) is 20.3. The maximum atomic E-state index is 12.8. The molecular weight excluding hydrogens is 362 g/mol. The first kappa shape index (κ1) is 18.9. The van der Waals surface area contributed by atoms with Gasteiger partial charge in [0.1, 0.15) is 5.69 Å². The van der Waals surface area contributed by atoms with Crippen molar-refractivity contribution >= 4 is 23.0 Å². The quantitative estimate of drug-likeness (QED) is 0.503. The molecule has 3 rings (SSSR count). The molecule has 0 saturated heterocycles. The number of nitrogens with one attached hydrogen (secondary N) is 2. The van der Waals surface area contributed by atoms with Crippen LogP contribution in [0.2, 0.25) is 0 Å². The van der Waals surface area contributed by atoms with Gasteiger partial charge < -0.3 is 10.6 Å². The summed E-state index contributed by atoms with van der Waals surface area (Å²) in [6, 6.07) is 15.0. The number of anilines is 2. The normalized spacial score (nSPS) is 10.5. The molecule has 0 atom stereocenters. The lowest BCUT2D eigenvalue weighted by Gasteiger charge is -2.07. The second kappa shape index (κ2) is 7.78. The average molecular weight is 381 g/mol. The summed E-state index contributed by atoms with van der Waals surface area (Å²) in [6.45, 7) is 1.60. The molecule has 0 aliphatic carbocycles. The molecule has 0 unspecified atom stereocenters. The Bertz CT molecular complexity index is 1090. The highest BCUT2D eigenvalue weighted by Crippen LogP contribution is 2.17. The number of non-ortho nitro benzene ring substituents is 1. The topological polar surface area (TPSA) is 111 Å². The number of benzene rings is 2. The molecule has 3 aromatic rings. The van der Waals surface area contributed by atoms with Crippen LogP contribution in [0.3, 0.4) is 0 Å². The number of aromatic nitrogens is 2. The van der Waals surface area contributed by atoms with Gasteiger partial charge in [-0.15, -0.1) is 0 Å². The van der Waals surface area contributed by atoms with Crippen LogP contribution in [0.4, 0.5) is 17.1 Å². The lowest BCUT2D eigenvalue weighted by atomic mass is 10.3. The van der Waals surface area contributed by atoms with Crippen LogP contribution in [0.15, 0.2) is 59.4 Å². The number of nitro groups is 1. The molecule has 9 heteroatoms. The van der Waals surface area contributed by atoms with Gasteiger partial charge in [-0.3, -0.25) is 24.4 Å². The highest BCUT2D eigenvalue weighted by molar-refractivity contribution is 5.94. The SMILES string of the molecule is Cc1c(NC(=O)CNc2cccc([N+](=O)[O-])c2)c(=O)n(-c2ccccc2)n1C. The molecule has 1 heterocycles. The molecule has 0 bridgehead atoms. The molecular formula is C19H19N5O4. The van der Waals surface area contributed by atoms with Crippen LogP contribution >= 0.6 is 0 Å². The number of nitrogens with zero attached hydrogens (tertiary/aromatic N) is 3. The van der Waals surface area contributed by atoms with Gasteiger partial charge in [0.15, 0.2) is 0 Å². The van der Waals surface area contributed by atoms with Crippen molar-refractivity contribution in [2.75, 3.05) is 17.2 Å². The van der Waals surface area contributed by atoms with Crippen LogP contribution < -0.4 is 16.2 Å². The second-order valence-electron chi connectivity index (χ2n) is 6.15. The van der Waals surface area contributed by atoms with Crippen molar-refractivity contribution in [2.24, 2.45) is 7.05 Å². The highest BCUT2D eigenvalue weighted by Gasteiger charge is 2.18. The Balaban J connectivity index is 1.75. The number of amides is 1. The van der Waals surface area contributed by atoms with Crippen molar-refractivity contribution in [3.8, 4) is 5.69 Å². The maximum absolute atomic E-state index is 12.8. The molecule has 144 valence electrons. The zero-order valence-electron chi connectivity index (χ0n) is 15.4. The Kier molecular flexibility index (Phi) is 5.25. The van der Waals surface area contributed by atoms with Crippen molar-refractivity contribution in [3.05, 3.63) is 80.8 Å². The van der Waals surface area contributed by atoms with Crippen LogP contribution in [0.25, 0.3) is 5.69 Å². The standard InChI is InChI=1S/C19H19N5O4/c1-13-18(19(26)23(22(13)2)15-8-4-3-5-9-15)21-17(25)12-20-14-7-6-10-16(11-14)24(27)28/h3-11,20H,12H2,1-2H3,(H,21,25). The van der Waals surface area contributed by atoms with Gasteiger partial charge in [0.2, 0.25) is 5.91 Å². The number of carbonyl (C=O) groups excluding carboxylic acids is 1. The summed E-state index contributed by atoms with van der Waals surface area (Å²) >= 11 is 0. The number of rotatable bonds is 6. The van der Waals surface area contributed by atoms with E-state index in [4.69, 9.17) is 0 Å². The minimum atomic E-state index is -0.509. The first-order valence-corrected chi connectivity index (χ1v) is 8.50. The number of nitro benzene ring substituents is 1. The third-order valence-corrected chi connectivity index (χ3v) is 4.33. The first-order chi connectivity index (χ1) is 13.4. The summed E-state index contributed by atoms with van der Waals surface area (Å²) in [6.07, 6.45) is 0. The van der Waals surface area contributed by atoms with Gasteiger partial charge in [0, 0.05) is 24.9 Å². The van der Waals surface area contributed by atoms with Gasteiger partial charge in [0.25, 0.3) is 11.2 Å². The predicted molar refractivity (Wildman–Crippen MR) is 106 cm³/mol. The van der Waals surface area contributed by atoms with Crippen LogP contribution in [0.1, 0.15) is 5.69 Å². The zero-order valence-corrected chi connectivity index (χ0v) is 15.4. The van der Waals surface area contributed by atoms with Crippen molar-refractivity contribution in [1.82, 2.24) is 9.36 Å². The molecule has 0 spiro atoms. The molecule has 0 aliphatic heterocycles. The summed E-state index contributed by atoms with van der Waals surface area (Å²) in [5.41, 5.74) is 1.52. The monoisotopic (exact) mass is 381 g/mol. The maximum Gasteiger partial charge on any atom is 0.295 e. The fraction of sp³-hybridized carbons (Fsp3) is 0.158. The Morgan fingerprint density at radius 2 is 1.86 bits per heavy atom. The number of hydrogen-bond acceptors (Lipinski definition) is 5. The summed E-state index contributed by atoms with van der Waals surface area (Å²) < 4.78 is 3.14. The molecule has 1 amide bonds. The molecule has 9 nitrogen and oxygen atoms in total. The van der Waals surface area contributed by atoms with E-state index >= 15 is 0 Å². The van der Waals surface area contributed by atoms with Crippen molar-refractivity contribution in [1.29, 1.82) is 0 Å². The van der Waals surface area contributed by atoms with E-state index in [-0.39, 0.29) is 23.5 Å². The van der Waals surface area contributed by atoms with Crippen LogP contribution in [0, 0.1) is 17.0 Å². The van der Waals surface area contributed by atoms with Gasteiger partial charge >= 0.3 is 0 Å². The molecule has 0 aliphatic rings. The summed E-state index contributed by atoms with van der Waals surface area (Å²) in [5, 5.41) is 16.3. The fourth-order valence-electron chi connectivity index (χ4n) is 2.81. The smallest absolute Gasteiger partial charge is 0.295 e. The second-order valence-corrected chi connectivity index (χ2v) is 6.15.